The molecule has 5 fully saturated rings. The van der Waals surface area contributed by atoms with Crippen LogP contribution in [0.5, 0.6) is 5.75 Å². The zero-order valence-corrected chi connectivity index (χ0v) is 42.5. The molecule has 3 aromatic heterocycles. The molecule has 6 heterocycles. The number of aromatic hydroxyl groups is 1. The van der Waals surface area contributed by atoms with E-state index in [4.69, 9.17) is 15.7 Å². The van der Waals surface area contributed by atoms with Gasteiger partial charge in [0.2, 0.25) is 17.8 Å². The molecule has 0 spiro atoms. The second-order valence-electron chi connectivity index (χ2n) is 21.0. The molecular formula is C54H67FN12O5S. The highest BCUT2D eigenvalue weighted by Gasteiger charge is 2.53. The van der Waals surface area contributed by atoms with E-state index in [-0.39, 0.29) is 62.0 Å². The maximum Gasteiger partial charge on any atom is 0.258 e. The van der Waals surface area contributed by atoms with Gasteiger partial charge in [0.1, 0.15) is 17.8 Å². The number of aliphatic hydroxyl groups is 1. The van der Waals surface area contributed by atoms with Crippen LogP contribution in [0.25, 0.3) is 21.7 Å². The molecule has 17 nitrogen and oxygen atoms in total. The average Bonchev–Trinajstić information content (AvgIpc) is 3.66. The number of unbranched alkanes of at least 4 members (excludes halogenated alkanes) is 2. The summed E-state index contributed by atoms with van der Waals surface area (Å²) in [5.41, 5.74) is 12.2. The minimum Gasteiger partial charge on any atom is -0.507 e. The molecule has 3 amide bonds. The van der Waals surface area contributed by atoms with Crippen molar-refractivity contribution >= 4 is 46.5 Å². The molecular weight excluding hydrogens is 948 g/mol. The minimum absolute atomic E-state index is 0.0313. The molecule has 3 unspecified atom stereocenters. The van der Waals surface area contributed by atoms with E-state index >= 15 is 4.39 Å². The smallest absolute Gasteiger partial charge is 0.258 e. The number of carbonyl (C=O) groups excluding carboxylic acids is 3. The van der Waals surface area contributed by atoms with Gasteiger partial charge in [-0.1, -0.05) is 42.8 Å². The van der Waals surface area contributed by atoms with Crippen molar-refractivity contribution in [2.75, 3.05) is 48.8 Å². The summed E-state index contributed by atoms with van der Waals surface area (Å²) < 4.78 is 15.1. The number of aromatic nitrogens is 5. The summed E-state index contributed by atoms with van der Waals surface area (Å²) >= 11 is 1.57. The zero-order valence-electron chi connectivity index (χ0n) is 41.7. The van der Waals surface area contributed by atoms with Gasteiger partial charge in [0.25, 0.3) is 5.91 Å². The van der Waals surface area contributed by atoms with E-state index in [1.807, 2.05) is 67.3 Å². The van der Waals surface area contributed by atoms with Gasteiger partial charge in [0, 0.05) is 68.7 Å². The number of amides is 3. The molecule has 73 heavy (non-hydrogen) atoms. The van der Waals surface area contributed by atoms with E-state index in [1.54, 1.807) is 23.5 Å². The van der Waals surface area contributed by atoms with Crippen molar-refractivity contribution in [2.45, 2.75) is 139 Å². The number of piperazine rings is 1. The Morgan fingerprint density at radius 1 is 0.918 bits per heavy atom. The molecule has 2 aliphatic carbocycles. The van der Waals surface area contributed by atoms with Gasteiger partial charge in [0.05, 0.1) is 33.6 Å². The lowest BCUT2D eigenvalue weighted by Gasteiger charge is -2.42. The highest BCUT2D eigenvalue weighted by molar-refractivity contribution is 7.13. The number of phenolic OH excluding ortho intramolecular Hbond substituents is 1. The van der Waals surface area contributed by atoms with Crippen LogP contribution in [0.2, 0.25) is 0 Å². The van der Waals surface area contributed by atoms with Crippen molar-refractivity contribution in [3.05, 3.63) is 89.3 Å². The number of fused-ring (bicyclic) bond motifs is 2. The van der Waals surface area contributed by atoms with Crippen LogP contribution in [-0.4, -0.2) is 138 Å². The van der Waals surface area contributed by atoms with Crippen molar-refractivity contribution in [2.24, 2.45) is 5.92 Å². The number of nitrogens with zero attached hydrogens (tertiary/aromatic N) is 9. The predicted molar refractivity (Wildman–Crippen MR) is 278 cm³/mol. The number of aliphatic hydroxyl groups excluding tert-OH is 1. The lowest BCUT2D eigenvalue weighted by molar-refractivity contribution is -0.144. The Morgan fingerprint density at radius 3 is 2.33 bits per heavy atom. The Kier molecular flexibility index (Phi) is 14.9. The van der Waals surface area contributed by atoms with E-state index in [0.717, 1.165) is 110 Å². The molecule has 386 valence electrons. The maximum atomic E-state index is 15.1. The van der Waals surface area contributed by atoms with Gasteiger partial charge < -0.3 is 46.2 Å². The van der Waals surface area contributed by atoms with Crippen LogP contribution in [0.1, 0.15) is 93.9 Å². The molecule has 2 saturated carbocycles. The predicted octanol–water partition coefficient (Wildman–Crippen LogP) is 5.98. The molecule has 5 aliphatic rings. The third-order valence-corrected chi connectivity index (χ3v) is 17.0. The fourth-order valence-corrected chi connectivity index (χ4v) is 12.4. The Labute approximate surface area is 429 Å². The molecule has 19 heteroatoms. The first-order valence-electron chi connectivity index (χ1n) is 26.0. The van der Waals surface area contributed by atoms with E-state index in [9.17, 15) is 24.6 Å². The number of anilines is 3. The number of nitrogens with one attached hydrogen (secondary N) is 2. The summed E-state index contributed by atoms with van der Waals surface area (Å²) in [6.07, 6.45) is 12.4. The second-order valence-corrected chi connectivity index (χ2v) is 21.8. The van der Waals surface area contributed by atoms with E-state index < -0.39 is 35.7 Å². The normalized spacial score (nSPS) is 23.7. The maximum absolute atomic E-state index is 15.1. The van der Waals surface area contributed by atoms with Gasteiger partial charge in [-0.2, -0.15) is 0 Å². The van der Waals surface area contributed by atoms with Gasteiger partial charge in [-0.05, 0) is 132 Å². The van der Waals surface area contributed by atoms with Crippen molar-refractivity contribution in [3.63, 3.8) is 0 Å². The fourth-order valence-electron chi connectivity index (χ4n) is 11.6. The van der Waals surface area contributed by atoms with Crippen LogP contribution < -0.4 is 26.2 Å². The molecule has 10 rings (SSSR count). The monoisotopic (exact) mass is 1010 g/mol. The number of rotatable bonds is 18. The van der Waals surface area contributed by atoms with Crippen molar-refractivity contribution in [1.29, 1.82) is 0 Å². The highest BCUT2D eigenvalue weighted by Crippen LogP contribution is 2.42. The molecule has 3 saturated heterocycles. The summed E-state index contributed by atoms with van der Waals surface area (Å²) in [6.45, 7) is 4.63. The number of β-amino-alcohol motifs (C(OH)–C–C–N with tert-alkyl or cyclic N) is 1. The fraction of sp³-hybridized carbons (Fsp3) is 0.519. The third kappa shape index (κ3) is 11.1. The van der Waals surface area contributed by atoms with Gasteiger partial charge in [-0.15, -0.1) is 21.5 Å². The van der Waals surface area contributed by atoms with Crippen LogP contribution in [-0.2, 0) is 27.3 Å². The number of nitrogens with two attached hydrogens (primary N) is 1. The minimum atomic E-state index is -1.96. The Hall–Kier alpha value is -6.31. The largest absolute Gasteiger partial charge is 0.507 e. The first-order chi connectivity index (χ1) is 35.3. The van der Waals surface area contributed by atoms with Crippen molar-refractivity contribution < 1.29 is 29.0 Å². The number of likely N-dealkylation sites (tertiary alicyclic amines) is 1. The lowest BCUT2D eigenvalue weighted by Crippen LogP contribution is -2.58. The van der Waals surface area contributed by atoms with Crippen LogP contribution >= 0.6 is 11.3 Å². The first-order valence-corrected chi connectivity index (χ1v) is 26.9. The number of hydrogen-bond acceptors (Lipinski definition) is 15. The molecule has 2 bridgehead atoms. The molecule has 2 aromatic carbocycles. The number of carbonyl (C=O) groups is 3. The van der Waals surface area contributed by atoms with E-state index in [1.165, 1.54) is 4.90 Å². The van der Waals surface area contributed by atoms with Gasteiger partial charge in [-0.3, -0.25) is 14.4 Å². The summed E-state index contributed by atoms with van der Waals surface area (Å²) in [4.78, 5) is 64.9. The lowest BCUT2D eigenvalue weighted by atomic mass is 9.80. The number of alkyl halides is 1. The number of para-hydroxylation sites is 1. The van der Waals surface area contributed by atoms with Crippen LogP contribution in [0.3, 0.4) is 0 Å². The van der Waals surface area contributed by atoms with Crippen molar-refractivity contribution in [1.82, 2.24) is 45.6 Å². The average molecular weight is 1020 g/mol. The molecule has 5 atom stereocenters. The van der Waals surface area contributed by atoms with Crippen LogP contribution in [0, 0.1) is 12.8 Å². The first kappa shape index (κ1) is 50.2. The molecule has 0 radical (unpaired) electrons. The van der Waals surface area contributed by atoms with Crippen molar-refractivity contribution in [3.8, 4) is 27.4 Å². The van der Waals surface area contributed by atoms with Gasteiger partial charge in [0.15, 0.2) is 11.5 Å². The van der Waals surface area contributed by atoms with Gasteiger partial charge >= 0.3 is 0 Å². The summed E-state index contributed by atoms with van der Waals surface area (Å²) in [5, 5.41) is 35.5. The topological polar surface area (TPSA) is 219 Å². The number of nitrogen functional groups attached to an aromatic ring is 1. The molecule has 6 N–H and O–H groups in total. The number of thiazole rings is 1. The SMILES string of the molecule is Cc1ncsc1-c1ccc(CNC(=O)[C@@H]2C[C@@H](O)CN2C(=O)C(NC(=O)C2(F)CC2)C2CCC(N(C)CCCCCc3cnc(N4C5CCC4CN(c4cc(-c6ccccc6O)nnc4N)C5)nc3)CC2)cc1. The standard InChI is InChI=1S/C54H67FN12O5S/c1-33-48(73-32-60-33)37-13-11-34(12-14-37)26-57-50(70)45-24-41(68)31-66(45)51(71)47(61-52(72)54(55)21-22-54)36-15-17-38(18-16-36)64(2)23-7-3-4-8-35-27-58-53(59-28-35)67-39-19-20-40(67)30-65(29-39)44-25-43(62-63-49(44)56)42-9-5-6-10-46(42)69/h5-6,9-14,25,27-28,32,36,38-41,45,47,68-69H,3-4,7-8,15-24,26,29-31H2,1-2H3,(H2,56,63)(H,57,70)(H,61,72)/t36?,38?,39?,40?,41-,45+,47?/m1/s1. The van der Waals surface area contributed by atoms with E-state index in [0.29, 0.717) is 36.0 Å². The van der Waals surface area contributed by atoms with Gasteiger partial charge in [-0.25, -0.2) is 19.3 Å². The van der Waals surface area contributed by atoms with E-state index in [2.05, 4.69) is 47.6 Å². The van der Waals surface area contributed by atoms with Crippen LogP contribution in [0.15, 0.2) is 72.5 Å². The number of aryl methyl sites for hydroxylation is 2. The zero-order chi connectivity index (χ0) is 50.8. The number of benzene rings is 2. The number of hydrogen-bond donors (Lipinski definition) is 5. The highest BCUT2D eigenvalue weighted by atomic mass is 32.1. The Bertz CT molecular complexity index is 2740. The summed E-state index contributed by atoms with van der Waals surface area (Å²) in [7, 11) is 2.15. The second kappa shape index (κ2) is 21.6. The Balaban J connectivity index is 0.675. The number of phenols is 1. The Morgan fingerprint density at radius 2 is 1.64 bits per heavy atom. The third-order valence-electron chi connectivity index (χ3n) is 16.0. The van der Waals surface area contributed by atoms with Crippen LogP contribution in [0.4, 0.5) is 21.8 Å². The summed E-state index contributed by atoms with van der Waals surface area (Å²) in [5.74, 6) is -0.529. The summed E-state index contributed by atoms with van der Waals surface area (Å²) in [6, 6.07) is 15.8. The molecule has 5 aromatic rings. The molecule has 3 aliphatic heterocycles. The quantitative estimate of drug-likeness (QED) is 0.0639. The number of halogens is 1.